The predicted octanol–water partition coefficient (Wildman–Crippen LogP) is 0.993. The molecule has 0 amide bonds. The topological polar surface area (TPSA) is 44.9 Å². The first-order valence-corrected chi connectivity index (χ1v) is 4.55. The third kappa shape index (κ3) is 1.71. The molecule has 2 rings (SSSR count). The first-order valence-electron chi connectivity index (χ1n) is 4.55. The number of likely N-dealkylation sites (tertiary alicyclic amines) is 1. The van der Waals surface area contributed by atoms with E-state index in [0.717, 1.165) is 31.8 Å². The monoisotopic (exact) mass is 178 g/mol. The molecule has 1 fully saturated rings. The highest BCUT2D eigenvalue weighted by atomic mass is 15.2. The van der Waals surface area contributed by atoms with Crippen LogP contribution in [-0.2, 0) is 13.6 Å². The summed E-state index contributed by atoms with van der Waals surface area (Å²) in [7, 11) is 1.92. The lowest BCUT2D eigenvalue weighted by molar-refractivity contribution is 0.446. The van der Waals surface area contributed by atoms with Crippen LogP contribution in [0.4, 0.5) is 0 Å². The highest BCUT2D eigenvalue weighted by Gasteiger charge is 2.16. The molecule has 1 N–H and O–H groups in total. The summed E-state index contributed by atoms with van der Waals surface area (Å²) in [5.41, 5.74) is 1.19. The molecule has 0 atom stereocenters. The van der Waals surface area contributed by atoms with Crippen molar-refractivity contribution in [2.24, 2.45) is 7.05 Å². The number of hydrogen-bond donors (Lipinski definition) is 1. The average Bonchev–Trinajstić information content (AvgIpc) is 2.64. The van der Waals surface area contributed by atoms with Crippen molar-refractivity contribution in [3.63, 3.8) is 0 Å². The molecule has 0 aromatic carbocycles. The van der Waals surface area contributed by atoms with Gasteiger partial charge < -0.3 is 4.90 Å². The molecule has 0 spiro atoms. The molecule has 1 aromatic rings. The minimum Gasteiger partial charge on any atom is -0.356 e. The molecule has 0 aliphatic carbocycles. The zero-order chi connectivity index (χ0) is 9.26. The third-order valence-corrected chi connectivity index (χ3v) is 2.36. The minimum absolute atomic E-state index is 0.767. The minimum atomic E-state index is 0.767. The Morgan fingerprint density at radius 2 is 2.46 bits per heavy atom. The number of amidine groups is 1. The number of nitrogens with one attached hydrogen (secondary N) is 1. The van der Waals surface area contributed by atoms with Gasteiger partial charge in [-0.05, 0) is 6.42 Å². The molecule has 0 unspecified atom stereocenters. The van der Waals surface area contributed by atoms with Gasteiger partial charge in [-0.1, -0.05) is 0 Å². The fraction of sp³-hybridized carbons (Fsp3) is 0.556. The van der Waals surface area contributed by atoms with Crippen LogP contribution in [0.2, 0.25) is 0 Å². The fourth-order valence-corrected chi connectivity index (χ4v) is 1.68. The summed E-state index contributed by atoms with van der Waals surface area (Å²) in [6, 6.07) is 0. The highest BCUT2D eigenvalue weighted by molar-refractivity contribution is 5.80. The van der Waals surface area contributed by atoms with E-state index < -0.39 is 0 Å². The lowest BCUT2D eigenvalue weighted by Crippen LogP contribution is -2.22. The number of aromatic nitrogens is 2. The average molecular weight is 178 g/mol. The van der Waals surface area contributed by atoms with Crippen LogP contribution in [0.5, 0.6) is 0 Å². The van der Waals surface area contributed by atoms with Gasteiger partial charge in [-0.3, -0.25) is 10.1 Å². The molecule has 4 heteroatoms. The molecule has 1 aliphatic heterocycles. The normalized spacial score (nSPS) is 17.0. The first kappa shape index (κ1) is 8.29. The van der Waals surface area contributed by atoms with Crippen molar-refractivity contribution in [2.45, 2.75) is 19.4 Å². The standard InChI is InChI=1S/C9H14N4/c1-12-6-8(5-11-12)7-13-4-2-3-9(13)10/h5-6,10H,2-4,7H2,1H3. The van der Waals surface area contributed by atoms with E-state index in [9.17, 15) is 0 Å². The van der Waals surface area contributed by atoms with Crippen molar-refractivity contribution in [2.75, 3.05) is 6.54 Å². The summed E-state index contributed by atoms with van der Waals surface area (Å²) in [5, 5.41) is 11.8. The van der Waals surface area contributed by atoms with Crippen LogP contribution in [0.25, 0.3) is 0 Å². The van der Waals surface area contributed by atoms with E-state index in [1.54, 1.807) is 4.68 Å². The molecule has 2 heterocycles. The molecule has 13 heavy (non-hydrogen) atoms. The second kappa shape index (κ2) is 3.20. The van der Waals surface area contributed by atoms with Gasteiger partial charge in [0, 0.05) is 38.3 Å². The second-order valence-electron chi connectivity index (χ2n) is 3.49. The molecular formula is C9H14N4. The van der Waals surface area contributed by atoms with E-state index in [-0.39, 0.29) is 0 Å². The molecule has 1 aliphatic rings. The van der Waals surface area contributed by atoms with E-state index in [1.807, 2.05) is 19.4 Å². The van der Waals surface area contributed by atoms with Crippen LogP contribution in [0, 0.1) is 5.41 Å². The Balaban J connectivity index is 2.01. The van der Waals surface area contributed by atoms with Crippen LogP contribution in [0.15, 0.2) is 12.4 Å². The molecule has 0 bridgehead atoms. The number of aryl methyl sites for hydroxylation is 1. The summed E-state index contributed by atoms with van der Waals surface area (Å²) < 4.78 is 1.80. The largest absolute Gasteiger partial charge is 0.356 e. The Morgan fingerprint density at radius 3 is 3.00 bits per heavy atom. The maximum atomic E-state index is 7.66. The van der Waals surface area contributed by atoms with Gasteiger partial charge in [0.05, 0.1) is 12.0 Å². The lowest BCUT2D eigenvalue weighted by Gasteiger charge is -2.15. The summed E-state index contributed by atoms with van der Waals surface area (Å²) in [6.07, 6.45) is 5.93. The molecule has 0 radical (unpaired) electrons. The molecule has 70 valence electrons. The van der Waals surface area contributed by atoms with Gasteiger partial charge in [0.25, 0.3) is 0 Å². The third-order valence-electron chi connectivity index (χ3n) is 2.36. The Labute approximate surface area is 77.7 Å². The predicted molar refractivity (Wildman–Crippen MR) is 50.6 cm³/mol. The Hall–Kier alpha value is -1.32. The molecule has 4 nitrogen and oxygen atoms in total. The second-order valence-corrected chi connectivity index (χ2v) is 3.49. The zero-order valence-electron chi connectivity index (χ0n) is 7.82. The van der Waals surface area contributed by atoms with Crippen molar-refractivity contribution < 1.29 is 0 Å². The van der Waals surface area contributed by atoms with Crippen LogP contribution < -0.4 is 0 Å². The maximum Gasteiger partial charge on any atom is 0.0961 e. The zero-order valence-corrected chi connectivity index (χ0v) is 7.82. The van der Waals surface area contributed by atoms with Crippen LogP contribution >= 0.6 is 0 Å². The lowest BCUT2D eigenvalue weighted by atomic mass is 10.3. The number of hydrogen-bond acceptors (Lipinski definition) is 2. The van der Waals surface area contributed by atoms with E-state index in [0.29, 0.717) is 0 Å². The quantitative estimate of drug-likeness (QED) is 0.734. The van der Waals surface area contributed by atoms with Gasteiger partial charge in [0.1, 0.15) is 0 Å². The van der Waals surface area contributed by atoms with Crippen LogP contribution in [0.1, 0.15) is 18.4 Å². The van der Waals surface area contributed by atoms with Gasteiger partial charge in [0.2, 0.25) is 0 Å². The molecule has 1 saturated heterocycles. The van der Waals surface area contributed by atoms with Crippen molar-refractivity contribution in [1.29, 1.82) is 5.41 Å². The van der Waals surface area contributed by atoms with E-state index in [1.165, 1.54) is 5.56 Å². The molecule has 0 saturated carbocycles. The number of rotatable bonds is 2. The first-order chi connectivity index (χ1) is 6.25. The summed E-state index contributed by atoms with van der Waals surface area (Å²) >= 11 is 0. The SMILES string of the molecule is Cn1cc(CN2CCCC2=N)cn1. The number of nitrogens with zero attached hydrogens (tertiary/aromatic N) is 3. The van der Waals surface area contributed by atoms with E-state index >= 15 is 0 Å². The van der Waals surface area contributed by atoms with Crippen molar-refractivity contribution in [3.05, 3.63) is 18.0 Å². The smallest absolute Gasteiger partial charge is 0.0961 e. The van der Waals surface area contributed by atoms with Crippen molar-refractivity contribution in [1.82, 2.24) is 14.7 Å². The summed E-state index contributed by atoms with van der Waals surface area (Å²) in [6.45, 7) is 1.86. The van der Waals surface area contributed by atoms with E-state index in [4.69, 9.17) is 5.41 Å². The molecule has 1 aromatic heterocycles. The Bertz CT molecular complexity index is 315. The maximum absolute atomic E-state index is 7.66. The van der Waals surface area contributed by atoms with Gasteiger partial charge in [-0.25, -0.2) is 0 Å². The Kier molecular flexibility index (Phi) is 2.04. The van der Waals surface area contributed by atoms with E-state index in [2.05, 4.69) is 10.00 Å². The van der Waals surface area contributed by atoms with Crippen molar-refractivity contribution in [3.8, 4) is 0 Å². The Morgan fingerprint density at radius 1 is 1.62 bits per heavy atom. The summed E-state index contributed by atoms with van der Waals surface area (Å²) in [4.78, 5) is 2.11. The molecular weight excluding hydrogens is 164 g/mol. The van der Waals surface area contributed by atoms with Crippen molar-refractivity contribution >= 4 is 5.84 Å². The van der Waals surface area contributed by atoms with Gasteiger partial charge in [-0.15, -0.1) is 0 Å². The van der Waals surface area contributed by atoms with Crippen LogP contribution in [0.3, 0.4) is 0 Å². The van der Waals surface area contributed by atoms with Crippen LogP contribution in [-0.4, -0.2) is 27.1 Å². The highest BCUT2D eigenvalue weighted by Crippen LogP contribution is 2.13. The van der Waals surface area contributed by atoms with Gasteiger partial charge in [-0.2, -0.15) is 5.10 Å². The van der Waals surface area contributed by atoms with Gasteiger partial charge >= 0.3 is 0 Å². The van der Waals surface area contributed by atoms with Gasteiger partial charge in [0.15, 0.2) is 0 Å². The fourth-order valence-electron chi connectivity index (χ4n) is 1.68. The summed E-state index contributed by atoms with van der Waals surface area (Å²) in [5.74, 6) is 0.767.